The Morgan fingerprint density at radius 2 is 0.891 bits per heavy atom. The zero-order chi connectivity index (χ0) is 34.5. The van der Waals surface area contributed by atoms with Crippen molar-refractivity contribution in [2.75, 3.05) is 7.11 Å². The third-order valence-corrected chi connectivity index (χ3v) is 9.14. The van der Waals surface area contributed by atoms with Gasteiger partial charge in [0.05, 0.1) is 7.11 Å². The van der Waals surface area contributed by atoms with Crippen LogP contribution in [0.5, 0.6) is 0 Å². The second kappa shape index (κ2) is 23.0. The molecule has 3 fully saturated rings. The highest BCUT2D eigenvalue weighted by Crippen LogP contribution is 2.36. The van der Waals surface area contributed by atoms with Crippen molar-refractivity contribution in [2.24, 2.45) is 35.5 Å². The van der Waals surface area contributed by atoms with E-state index in [-0.39, 0.29) is 65.9 Å². The van der Waals surface area contributed by atoms with E-state index in [4.69, 9.17) is 10.2 Å². The van der Waals surface area contributed by atoms with Crippen LogP contribution in [0, 0.1) is 35.5 Å². The van der Waals surface area contributed by atoms with Gasteiger partial charge in [0, 0.05) is 56.3 Å². The number of allylic oxidation sites excluding steroid dienone is 6. The zero-order valence-electron chi connectivity index (χ0n) is 28.3. The first-order valence-corrected chi connectivity index (χ1v) is 17.0. The summed E-state index contributed by atoms with van der Waals surface area (Å²) in [7, 11) is 1.39. The van der Waals surface area contributed by atoms with E-state index in [0.29, 0.717) is 44.3 Å². The van der Waals surface area contributed by atoms with Gasteiger partial charge in [0.2, 0.25) is 0 Å². The number of ether oxygens (including phenoxy) is 1. The number of esters is 1. The summed E-state index contributed by atoms with van der Waals surface area (Å²) in [6.45, 7) is 6.16. The van der Waals surface area contributed by atoms with Crippen molar-refractivity contribution < 1.29 is 43.7 Å². The van der Waals surface area contributed by atoms with Crippen molar-refractivity contribution in [3.8, 4) is 0 Å². The molecule has 0 spiro atoms. The third kappa shape index (κ3) is 15.3. The molecule has 0 radical (unpaired) electrons. The molecule has 0 heterocycles. The fraction of sp³-hybridized carbons (Fsp3) is 0.676. The molecule has 9 heteroatoms. The lowest BCUT2D eigenvalue weighted by molar-refractivity contribution is -0.142. The molecule has 3 rings (SSSR count). The van der Waals surface area contributed by atoms with E-state index in [1.54, 1.807) is 0 Å². The second-order valence-corrected chi connectivity index (χ2v) is 12.4. The van der Waals surface area contributed by atoms with Crippen LogP contribution in [0.1, 0.15) is 117 Å². The Labute approximate surface area is 274 Å². The zero-order valence-corrected chi connectivity index (χ0v) is 28.3. The van der Waals surface area contributed by atoms with Crippen LogP contribution in [0.4, 0.5) is 0 Å². The average molecular weight is 645 g/mol. The molecule has 0 aromatic carbocycles. The van der Waals surface area contributed by atoms with Gasteiger partial charge in [0.1, 0.15) is 17.3 Å². The number of carbonyl (C=O) groups excluding carboxylic acids is 4. The van der Waals surface area contributed by atoms with Crippen molar-refractivity contribution in [3.63, 3.8) is 0 Å². The van der Waals surface area contributed by atoms with Gasteiger partial charge in [0.25, 0.3) is 0 Å². The lowest BCUT2D eigenvalue weighted by atomic mass is 9.89. The van der Waals surface area contributed by atoms with Gasteiger partial charge in [-0.1, -0.05) is 57.2 Å². The number of carboxylic acids is 2. The Kier molecular flexibility index (Phi) is 20.4. The molecule has 0 unspecified atom stereocenters. The number of carbonyl (C=O) groups is 6. The summed E-state index contributed by atoms with van der Waals surface area (Å²) in [5.74, 6) is -0.801. The lowest BCUT2D eigenvalue weighted by Crippen LogP contribution is -2.18. The monoisotopic (exact) mass is 644 g/mol. The van der Waals surface area contributed by atoms with E-state index in [0.717, 1.165) is 44.9 Å². The van der Waals surface area contributed by atoms with E-state index in [9.17, 15) is 28.8 Å². The van der Waals surface area contributed by atoms with Gasteiger partial charge in [-0.05, 0) is 75.5 Å². The van der Waals surface area contributed by atoms with E-state index in [2.05, 4.69) is 23.8 Å². The maximum Gasteiger partial charge on any atom is 0.305 e. The van der Waals surface area contributed by atoms with Crippen LogP contribution in [0.25, 0.3) is 0 Å². The average Bonchev–Trinajstić information content (AvgIpc) is 3.66. The fourth-order valence-corrected chi connectivity index (χ4v) is 6.61. The van der Waals surface area contributed by atoms with Crippen LogP contribution in [-0.2, 0) is 33.5 Å². The third-order valence-electron chi connectivity index (χ3n) is 9.14. The Morgan fingerprint density at radius 3 is 1.15 bits per heavy atom. The van der Waals surface area contributed by atoms with Crippen LogP contribution in [0.3, 0.4) is 0 Å². The van der Waals surface area contributed by atoms with Crippen LogP contribution in [0.2, 0.25) is 0 Å². The maximum atomic E-state index is 11.7. The molecule has 0 aromatic heterocycles. The van der Waals surface area contributed by atoms with E-state index >= 15 is 0 Å². The molecule has 0 aromatic rings. The number of methoxy groups -OCH3 is 1. The highest BCUT2D eigenvalue weighted by molar-refractivity contribution is 5.85. The Hall–Kier alpha value is -3.36. The molecule has 3 aliphatic carbocycles. The largest absolute Gasteiger partial charge is 0.481 e. The molecule has 3 saturated carbocycles. The SMILES string of the molecule is CC/C=C\C[C@H]1C(=O)CC[C@@H]1CC(=O)O.CC/C=C\C[C@H]1C(=O)CC[C@@H]1CC(=O)O.CC/C=C\C[C@H]1C(=O)CC[C@@H]1CC(=O)OC. The first kappa shape index (κ1) is 40.7. The standard InChI is InChI=1S/C13H20O3.2C12H18O3/c1-3-4-5-6-11-10(7-8-12(11)14)9-13(15)16-2;2*1-2-3-4-5-10-9(8-12(14)15)6-7-11(10)13/h4-5,10-11H,3,6-9H2,1-2H3;2*3-4,9-10H,2,5-8H2,1H3,(H,14,15)/b5-4-;2*4-3-/t10-,11-;2*9-,10-/m111/s1. The van der Waals surface area contributed by atoms with Crippen molar-refractivity contribution in [2.45, 2.75) is 117 Å². The quantitative estimate of drug-likeness (QED) is 0.138. The Bertz CT molecular complexity index is 1030. The van der Waals surface area contributed by atoms with E-state index in [1.807, 2.05) is 38.2 Å². The molecular weight excluding hydrogens is 588 g/mol. The molecular formula is C37H56O9. The highest BCUT2D eigenvalue weighted by atomic mass is 16.5. The van der Waals surface area contributed by atoms with Gasteiger partial charge in [-0.2, -0.15) is 0 Å². The van der Waals surface area contributed by atoms with Crippen molar-refractivity contribution in [1.82, 2.24) is 0 Å². The molecule has 9 nitrogen and oxygen atoms in total. The number of carboxylic acid groups (broad SMARTS) is 2. The molecule has 3 aliphatic rings. The van der Waals surface area contributed by atoms with Crippen molar-refractivity contribution >= 4 is 35.3 Å². The topological polar surface area (TPSA) is 152 Å². The van der Waals surface area contributed by atoms with Gasteiger partial charge in [-0.25, -0.2) is 0 Å². The fourth-order valence-electron chi connectivity index (χ4n) is 6.61. The van der Waals surface area contributed by atoms with E-state index in [1.165, 1.54) is 7.11 Å². The summed E-state index contributed by atoms with van der Waals surface area (Å²) in [6.07, 6.45) is 22.0. The predicted octanol–water partition coefficient (Wildman–Crippen LogP) is 7.33. The normalized spacial score (nSPS) is 26.0. The summed E-state index contributed by atoms with van der Waals surface area (Å²) in [4.78, 5) is 67.1. The first-order chi connectivity index (χ1) is 22.0. The smallest absolute Gasteiger partial charge is 0.305 e. The number of aliphatic carboxylic acids is 2. The van der Waals surface area contributed by atoms with Gasteiger partial charge in [-0.15, -0.1) is 0 Å². The van der Waals surface area contributed by atoms with E-state index < -0.39 is 11.9 Å². The number of hydrogen-bond acceptors (Lipinski definition) is 7. The van der Waals surface area contributed by atoms with Crippen LogP contribution in [0.15, 0.2) is 36.5 Å². The molecule has 0 bridgehead atoms. The summed E-state index contributed by atoms with van der Waals surface area (Å²) in [5.41, 5.74) is 0. The number of Topliss-reactive ketones (excluding diaryl/α,β-unsaturated/α-hetero) is 3. The van der Waals surface area contributed by atoms with Crippen LogP contribution >= 0.6 is 0 Å². The molecule has 258 valence electrons. The Morgan fingerprint density at radius 1 is 0.587 bits per heavy atom. The second-order valence-electron chi connectivity index (χ2n) is 12.4. The molecule has 0 aliphatic heterocycles. The van der Waals surface area contributed by atoms with Crippen LogP contribution < -0.4 is 0 Å². The lowest BCUT2D eigenvalue weighted by Gasteiger charge is -2.15. The van der Waals surface area contributed by atoms with Gasteiger partial charge >= 0.3 is 17.9 Å². The van der Waals surface area contributed by atoms with Crippen molar-refractivity contribution in [1.29, 1.82) is 0 Å². The maximum absolute atomic E-state index is 11.7. The predicted molar refractivity (Wildman–Crippen MR) is 177 cm³/mol. The molecule has 2 N–H and O–H groups in total. The minimum atomic E-state index is -0.792. The van der Waals surface area contributed by atoms with Gasteiger partial charge in [0.15, 0.2) is 0 Å². The molecule has 46 heavy (non-hydrogen) atoms. The summed E-state index contributed by atoms with van der Waals surface area (Å²) < 4.78 is 4.65. The summed E-state index contributed by atoms with van der Waals surface area (Å²) in [5, 5.41) is 17.4. The first-order valence-electron chi connectivity index (χ1n) is 17.0. The summed E-state index contributed by atoms with van der Waals surface area (Å²) in [6, 6.07) is 0. The molecule has 0 saturated heterocycles. The minimum absolute atomic E-state index is 0.0295. The summed E-state index contributed by atoms with van der Waals surface area (Å²) >= 11 is 0. The van der Waals surface area contributed by atoms with Gasteiger partial charge in [-0.3, -0.25) is 28.8 Å². The van der Waals surface area contributed by atoms with Crippen molar-refractivity contribution in [3.05, 3.63) is 36.5 Å². The minimum Gasteiger partial charge on any atom is -0.481 e. The number of ketones is 3. The molecule has 0 amide bonds. The number of hydrogen-bond donors (Lipinski definition) is 2. The van der Waals surface area contributed by atoms with Gasteiger partial charge < -0.3 is 14.9 Å². The van der Waals surface area contributed by atoms with Crippen LogP contribution in [-0.4, -0.2) is 52.6 Å². The highest BCUT2D eigenvalue weighted by Gasteiger charge is 2.36. The number of rotatable bonds is 15. The Balaban J connectivity index is 0.000000345. The molecule has 6 atom stereocenters.